The van der Waals surface area contributed by atoms with E-state index in [4.69, 9.17) is 4.74 Å². The van der Waals surface area contributed by atoms with Crippen LogP contribution in [0.15, 0.2) is 18.2 Å². The van der Waals surface area contributed by atoms with E-state index < -0.39 is 19.1 Å². The molecular formula is C14H15F2NO4. The van der Waals surface area contributed by atoms with Crippen molar-refractivity contribution < 1.29 is 27.8 Å². The Kier molecular flexibility index (Phi) is 4.85. The van der Waals surface area contributed by atoms with E-state index in [1.807, 2.05) is 0 Å². The van der Waals surface area contributed by atoms with Crippen LogP contribution in [0.4, 0.5) is 14.5 Å². The van der Waals surface area contributed by atoms with E-state index in [1.165, 1.54) is 6.07 Å². The topological polar surface area (TPSA) is 64.6 Å². The van der Waals surface area contributed by atoms with Crippen LogP contribution in [0.25, 0.3) is 0 Å². The molecule has 1 atom stereocenters. The third kappa shape index (κ3) is 3.98. The second-order valence-corrected chi connectivity index (χ2v) is 4.60. The van der Waals surface area contributed by atoms with Crippen molar-refractivity contribution in [1.29, 1.82) is 0 Å². The highest BCUT2D eigenvalue weighted by Crippen LogP contribution is 2.30. The number of hydrogen-bond donors (Lipinski definition) is 1. The largest absolute Gasteiger partial charge is 0.479 e. The quantitative estimate of drug-likeness (QED) is 0.646. The van der Waals surface area contributed by atoms with Crippen LogP contribution >= 0.6 is 0 Å². The molecule has 0 bridgehead atoms. The number of anilines is 1. The fourth-order valence-electron chi connectivity index (χ4n) is 1.86. The molecule has 1 aliphatic heterocycles. The maximum Gasteiger partial charge on any atom is 0.265 e. The van der Waals surface area contributed by atoms with Gasteiger partial charge < -0.3 is 14.8 Å². The van der Waals surface area contributed by atoms with Gasteiger partial charge in [-0.1, -0.05) is 0 Å². The van der Waals surface area contributed by atoms with E-state index in [-0.39, 0.29) is 24.7 Å². The fraction of sp³-hybridized carbons (Fsp3) is 0.429. The summed E-state index contributed by atoms with van der Waals surface area (Å²) in [5.74, 6) is -0.0418. The first-order valence-corrected chi connectivity index (χ1v) is 6.48. The van der Waals surface area contributed by atoms with Crippen LogP contribution in [-0.2, 0) is 9.53 Å². The number of rotatable bonds is 6. The minimum Gasteiger partial charge on any atom is -0.479 e. The smallest absolute Gasteiger partial charge is 0.265 e. The SMILES string of the molecule is CC1Oc2ccc(C(=O)CCOCC(F)F)cc2NC1=O. The van der Waals surface area contributed by atoms with Crippen LogP contribution in [0.2, 0.25) is 0 Å². The number of hydrogen-bond acceptors (Lipinski definition) is 4. The number of carbonyl (C=O) groups is 2. The molecule has 0 spiro atoms. The first-order valence-electron chi connectivity index (χ1n) is 6.48. The fourth-order valence-corrected chi connectivity index (χ4v) is 1.86. The molecule has 0 aliphatic carbocycles. The molecule has 21 heavy (non-hydrogen) atoms. The number of ketones is 1. The lowest BCUT2D eigenvalue weighted by molar-refractivity contribution is -0.122. The molecule has 1 N–H and O–H groups in total. The second-order valence-electron chi connectivity index (χ2n) is 4.60. The summed E-state index contributed by atoms with van der Waals surface area (Å²) in [6, 6.07) is 4.67. The van der Waals surface area contributed by atoms with Crippen LogP contribution in [0.3, 0.4) is 0 Å². The molecule has 7 heteroatoms. The van der Waals surface area contributed by atoms with E-state index in [0.717, 1.165) is 0 Å². The lowest BCUT2D eigenvalue weighted by Crippen LogP contribution is -2.34. The highest BCUT2D eigenvalue weighted by Gasteiger charge is 2.24. The van der Waals surface area contributed by atoms with Gasteiger partial charge in [0.05, 0.1) is 12.3 Å². The van der Waals surface area contributed by atoms with Crippen molar-refractivity contribution >= 4 is 17.4 Å². The third-order valence-corrected chi connectivity index (χ3v) is 2.95. The highest BCUT2D eigenvalue weighted by molar-refractivity contribution is 6.01. The number of amides is 1. The van der Waals surface area contributed by atoms with Crippen LogP contribution in [-0.4, -0.2) is 37.4 Å². The van der Waals surface area contributed by atoms with Crippen LogP contribution in [0.1, 0.15) is 23.7 Å². The van der Waals surface area contributed by atoms with Gasteiger partial charge in [-0.15, -0.1) is 0 Å². The normalized spacial score (nSPS) is 17.1. The minimum atomic E-state index is -2.54. The molecule has 1 aliphatic rings. The summed E-state index contributed by atoms with van der Waals surface area (Å²) in [6.45, 7) is 0.872. The molecule has 0 saturated carbocycles. The molecule has 0 fully saturated rings. The van der Waals surface area contributed by atoms with E-state index in [9.17, 15) is 18.4 Å². The first-order chi connectivity index (χ1) is 9.97. The Labute approximate surface area is 120 Å². The Bertz CT molecular complexity index is 548. The summed E-state index contributed by atoms with van der Waals surface area (Å²) >= 11 is 0. The van der Waals surface area contributed by atoms with Crippen LogP contribution in [0.5, 0.6) is 5.75 Å². The minimum absolute atomic E-state index is 0.00326. The zero-order chi connectivity index (χ0) is 15.4. The predicted molar refractivity (Wildman–Crippen MR) is 70.9 cm³/mol. The average Bonchev–Trinajstić information content (AvgIpc) is 2.44. The van der Waals surface area contributed by atoms with Gasteiger partial charge in [-0.05, 0) is 25.1 Å². The van der Waals surface area contributed by atoms with Crippen molar-refractivity contribution in [3.63, 3.8) is 0 Å². The number of alkyl halides is 2. The Morgan fingerprint density at radius 3 is 2.95 bits per heavy atom. The molecule has 5 nitrogen and oxygen atoms in total. The number of halogens is 2. The molecule has 1 aromatic carbocycles. The molecule has 2 rings (SSSR count). The van der Waals surface area contributed by atoms with Crippen molar-refractivity contribution in [3.05, 3.63) is 23.8 Å². The Balaban J connectivity index is 1.97. The van der Waals surface area contributed by atoms with Crippen LogP contribution < -0.4 is 10.1 Å². The van der Waals surface area contributed by atoms with Gasteiger partial charge in [0.25, 0.3) is 12.3 Å². The number of Topliss-reactive ketones (excluding diaryl/α,β-unsaturated/α-hetero) is 1. The summed E-state index contributed by atoms with van der Waals surface area (Å²) in [5, 5.41) is 2.64. The molecule has 1 aromatic rings. The summed E-state index contributed by atoms with van der Waals surface area (Å²) in [4.78, 5) is 23.4. The first kappa shape index (κ1) is 15.4. The summed E-state index contributed by atoms with van der Waals surface area (Å²) in [5.41, 5.74) is 0.797. The predicted octanol–water partition coefficient (Wildman–Crippen LogP) is 2.26. The van der Waals surface area contributed by atoms with Gasteiger partial charge in [0.2, 0.25) is 0 Å². The zero-order valence-corrected chi connectivity index (χ0v) is 11.4. The summed E-state index contributed by atoms with van der Waals surface area (Å²) < 4.78 is 33.8. The van der Waals surface area contributed by atoms with Crippen molar-refractivity contribution in [2.75, 3.05) is 18.5 Å². The number of carbonyl (C=O) groups excluding carboxylic acids is 2. The molecule has 1 unspecified atom stereocenters. The highest BCUT2D eigenvalue weighted by atomic mass is 19.3. The molecular weight excluding hydrogens is 284 g/mol. The van der Waals surface area contributed by atoms with Crippen molar-refractivity contribution in [1.82, 2.24) is 0 Å². The maximum absolute atomic E-state index is 11.9. The van der Waals surface area contributed by atoms with Crippen molar-refractivity contribution in [3.8, 4) is 5.75 Å². The third-order valence-electron chi connectivity index (χ3n) is 2.95. The number of nitrogens with one attached hydrogen (secondary N) is 1. The standard InChI is InChI=1S/C14H15F2NO4/c1-8-14(19)17-10-6-9(2-3-12(10)21-8)11(18)4-5-20-7-13(15)16/h2-3,6,8,13H,4-5,7H2,1H3,(H,17,19). The molecule has 0 saturated heterocycles. The van der Waals surface area contributed by atoms with E-state index >= 15 is 0 Å². The van der Waals surface area contributed by atoms with E-state index in [2.05, 4.69) is 10.1 Å². The number of ether oxygens (including phenoxy) is 2. The van der Waals surface area contributed by atoms with Crippen molar-refractivity contribution in [2.24, 2.45) is 0 Å². The monoisotopic (exact) mass is 299 g/mol. The number of benzene rings is 1. The molecule has 114 valence electrons. The van der Waals surface area contributed by atoms with Gasteiger partial charge in [0.15, 0.2) is 11.9 Å². The lowest BCUT2D eigenvalue weighted by atomic mass is 10.1. The average molecular weight is 299 g/mol. The number of fused-ring (bicyclic) bond motifs is 1. The Morgan fingerprint density at radius 1 is 1.48 bits per heavy atom. The van der Waals surface area contributed by atoms with Gasteiger partial charge in [0, 0.05) is 12.0 Å². The van der Waals surface area contributed by atoms with Gasteiger partial charge in [0.1, 0.15) is 12.4 Å². The zero-order valence-electron chi connectivity index (χ0n) is 11.4. The molecule has 0 radical (unpaired) electrons. The molecule has 0 aromatic heterocycles. The van der Waals surface area contributed by atoms with E-state index in [0.29, 0.717) is 17.0 Å². The summed E-state index contributed by atoms with van der Waals surface area (Å²) in [7, 11) is 0. The lowest BCUT2D eigenvalue weighted by Gasteiger charge is -2.23. The van der Waals surface area contributed by atoms with Crippen LogP contribution in [0, 0.1) is 0 Å². The summed E-state index contributed by atoms with van der Waals surface area (Å²) in [6.07, 6.45) is -3.13. The van der Waals surface area contributed by atoms with Gasteiger partial charge in [-0.2, -0.15) is 0 Å². The van der Waals surface area contributed by atoms with Gasteiger partial charge in [-0.25, -0.2) is 8.78 Å². The Morgan fingerprint density at radius 2 is 2.24 bits per heavy atom. The van der Waals surface area contributed by atoms with Gasteiger partial charge >= 0.3 is 0 Å². The maximum atomic E-state index is 11.9. The molecule has 1 amide bonds. The molecule has 1 heterocycles. The second kappa shape index (κ2) is 6.62. The Hall–Kier alpha value is -2.02. The van der Waals surface area contributed by atoms with E-state index in [1.54, 1.807) is 19.1 Å². The van der Waals surface area contributed by atoms with Gasteiger partial charge in [-0.3, -0.25) is 9.59 Å². The van der Waals surface area contributed by atoms with Crippen molar-refractivity contribution in [2.45, 2.75) is 25.9 Å².